The minimum Gasteiger partial charge on any atom is -0.493 e. The number of hydrogen-bond donors (Lipinski definition) is 0. The molecule has 1 atom stereocenters. The molecule has 0 unspecified atom stereocenters. The van der Waals surface area contributed by atoms with Gasteiger partial charge >= 0.3 is 12.1 Å². The van der Waals surface area contributed by atoms with Crippen LogP contribution in [0.5, 0.6) is 5.75 Å². The average Bonchev–Trinajstić information content (AvgIpc) is 3.15. The van der Waals surface area contributed by atoms with Gasteiger partial charge in [0.2, 0.25) is 0 Å². The first-order valence-corrected chi connectivity index (χ1v) is 13.0. The van der Waals surface area contributed by atoms with Gasteiger partial charge in [-0.1, -0.05) is 41.1 Å². The minimum absolute atomic E-state index is 0.139. The number of hydrogen-bond acceptors (Lipinski definition) is 6. The van der Waals surface area contributed by atoms with Crippen molar-refractivity contribution in [3.8, 4) is 5.75 Å². The maximum absolute atomic E-state index is 14.2. The smallest absolute Gasteiger partial charge is 0.434 e. The standard InChI is InChI=1S/C25H19BrClF3N2O4S/c1-3-35-17-10-5-13(11-16(17)26)12-18-22(33)32-20(14-6-8-15(27)9-7-14)19(23(34)36-4-2)21(25(28,29)30)31-24(32)37-18/h5-12,20H,3-4H2,1-2H3/b18-12-/t20-/m0/s1. The fourth-order valence-electron chi connectivity index (χ4n) is 3.83. The van der Waals surface area contributed by atoms with E-state index in [-0.39, 0.29) is 21.5 Å². The molecule has 0 N–H and O–H groups in total. The van der Waals surface area contributed by atoms with Gasteiger partial charge in [-0.15, -0.1) is 0 Å². The van der Waals surface area contributed by atoms with Crippen LogP contribution in [0, 0.1) is 0 Å². The molecule has 0 bridgehead atoms. The number of allylic oxidation sites excluding steroid dienone is 1. The number of carbonyl (C=O) groups is 1. The first-order valence-electron chi connectivity index (χ1n) is 11.0. The van der Waals surface area contributed by atoms with Crippen LogP contribution in [0.25, 0.3) is 6.08 Å². The Morgan fingerprint density at radius 2 is 1.89 bits per heavy atom. The summed E-state index contributed by atoms with van der Waals surface area (Å²) in [5, 5.41) is 0.343. The van der Waals surface area contributed by atoms with Crippen molar-refractivity contribution in [1.29, 1.82) is 0 Å². The molecule has 1 aliphatic heterocycles. The molecular weight excluding hydrogens is 597 g/mol. The van der Waals surface area contributed by atoms with Gasteiger partial charge in [-0.25, -0.2) is 9.79 Å². The summed E-state index contributed by atoms with van der Waals surface area (Å²) in [6.07, 6.45) is -3.42. The van der Waals surface area contributed by atoms with Crippen molar-refractivity contribution in [2.45, 2.75) is 26.1 Å². The second kappa shape index (κ2) is 10.8. The van der Waals surface area contributed by atoms with Gasteiger partial charge < -0.3 is 9.47 Å². The quantitative estimate of drug-likeness (QED) is 0.360. The Morgan fingerprint density at radius 3 is 2.49 bits per heavy atom. The molecule has 2 aromatic carbocycles. The predicted molar refractivity (Wildman–Crippen MR) is 138 cm³/mol. The lowest BCUT2D eigenvalue weighted by Gasteiger charge is -2.26. The van der Waals surface area contributed by atoms with Crippen LogP contribution in [0.4, 0.5) is 13.2 Å². The highest BCUT2D eigenvalue weighted by atomic mass is 79.9. The molecular formula is C25H19BrClF3N2O4S. The summed E-state index contributed by atoms with van der Waals surface area (Å²) in [5.74, 6) is -0.596. The molecule has 1 aliphatic rings. The first-order chi connectivity index (χ1) is 17.5. The Morgan fingerprint density at radius 1 is 1.19 bits per heavy atom. The molecule has 0 radical (unpaired) electrons. The summed E-state index contributed by atoms with van der Waals surface area (Å²) >= 11 is 10.2. The molecule has 6 nitrogen and oxygen atoms in total. The predicted octanol–water partition coefficient (Wildman–Crippen LogP) is 5.16. The molecule has 0 fully saturated rings. The zero-order valence-corrected chi connectivity index (χ0v) is 22.6. The largest absolute Gasteiger partial charge is 0.493 e. The van der Waals surface area contributed by atoms with Gasteiger partial charge in [-0.05, 0) is 71.2 Å². The van der Waals surface area contributed by atoms with E-state index < -0.39 is 35.0 Å². The summed E-state index contributed by atoms with van der Waals surface area (Å²) in [6, 6.07) is 9.62. The highest BCUT2D eigenvalue weighted by molar-refractivity contribution is 9.10. The molecule has 4 rings (SSSR count). The number of esters is 1. The van der Waals surface area contributed by atoms with Gasteiger partial charge in [0.1, 0.15) is 5.75 Å². The number of halogens is 5. The summed E-state index contributed by atoms with van der Waals surface area (Å²) in [4.78, 5) is 30.0. The number of aromatic nitrogens is 1. The number of alkyl halides is 3. The summed E-state index contributed by atoms with van der Waals surface area (Å²) in [6.45, 7) is 3.63. The number of rotatable bonds is 6. The monoisotopic (exact) mass is 614 g/mol. The topological polar surface area (TPSA) is 69.9 Å². The van der Waals surface area contributed by atoms with Crippen molar-refractivity contribution < 1.29 is 27.4 Å². The maximum Gasteiger partial charge on any atom is 0.434 e. The van der Waals surface area contributed by atoms with Crippen molar-refractivity contribution in [2.75, 3.05) is 13.2 Å². The van der Waals surface area contributed by atoms with E-state index in [0.29, 0.717) is 27.4 Å². The zero-order chi connectivity index (χ0) is 26.9. The molecule has 0 aliphatic carbocycles. The van der Waals surface area contributed by atoms with Gasteiger partial charge in [-0.2, -0.15) is 13.2 Å². The first kappa shape index (κ1) is 27.2. The number of thiazole rings is 1. The van der Waals surface area contributed by atoms with E-state index in [1.54, 1.807) is 24.3 Å². The van der Waals surface area contributed by atoms with E-state index in [4.69, 9.17) is 21.1 Å². The van der Waals surface area contributed by atoms with Gasteiger partial charge in [0.15, 0.2) is 10.5 Å². The lowest BCUT2D eigenvalue weighted by molar-refractivity contribution is -0.140. The third kappa shape index (κ3) is 5.53. The van der Waals surface area contributed by atoms with E-state index >= 15 is 0 Å². The molecule has 12 heteroatoms. The molecule has 0 spiro atoms. The van der Waals surface area contributed by atoms with E-state index in [1.165, 1.54) is 31.2 Å². The fraction of sp³-hybridized carbons (Fsp3) is 0.240. The highest BCUT2D eigenvalue weighted by Crippen LogP contribution is 2.38. The third-order valence-electron chi connectivity index (χ3n) is 5.33. The molecule has 194 valence electrons. The molecule has 3 aromatic rings. The third-order valence-corrected chi connectivity index (χ3v) is 7.19. The Balaban J connectivity index is 1.99. The summed E-state index contributed by atoms with van der Waals surface area (Å²) in [7, 11) is 0. The van der Waals surface area contributed by atoms with E-state index in [1.807, 2.05) is 6.92 Å². The second-order valence-electron chi connectivity index (χ2n) is 7.74. The van der Waals surface area contributed by atoms with Crippen molar-refractivity contribution in [1.82, 2.24) is 4.57 Å². The van der Waals surface area contributed by atoms with Crippen LogP contribution in [-0.4, -0.2) is 29.9 Å². The molecule has 37 heavy (non-hydrogen) atoms. The lowest BCUT2D eigenvalue weighted by atomic mass is 9.95. The Bertz CT molecular complexity index is 1560. The number of carbonyl (C=O) groups excluding carboxylic acids is 1. The Hall–Kier alpha value is -2.89. The molecule has 1 aromatic heterocycles. The molecule has 0 saturated carbocycles. The van der Waals surface area contributed by atoms with Crippen molar-refractivity contribution in [3.63, 3.8) is 0 Å². The van der Waals surface area contributed by atoms with E-state index in [0.717, 1.165) is 15.9 Å². The van der Waals surface area contributed by atoms with Gasteiger partial charge in [0.05, 0.1) is 33.8 Å². The Labute approximate surface area is 226 Å². The number of ether oxygens (including phenoxy) is 2. The van der Waals surface area contributed by atoms with Gasteiger partial charge in [-0.3, -0.25) is 9.36 Å². The number of nitrogens with zero attached hydrogens (tertiary/aromatic N) is 2. The summed E-state index contributed by atoms with van der Waals surface area (Å²) in [5.41, 5.74) is -1.90. The van der Waals surface area contributed by atoms with Crippen LogP contribution in [0.15, 0.2) is 68.0 Å². The van der Waals surface area contributed by atoms with Crippen LogP contribution in [0.1, 0.15) is 31.0 Å². The van der Waals surface area contributed by atoms with Crippen molar-refractivity contribution in [2.24, 2.45) is 4.99 Å². The number of benzene rings is 2. The minimum atomic E-state index is -4.97. The van der Waals surface area contributed by atoms with Gasteiger partial charge in [0.25, 0.3) is 5.56 Å². The maximum atomic E-state index is 14.2. The van der Waals surface area contributed by atoms with Crippen LogP contribution < -0.4 is 19.6 Å². The Kier molecular flexibility index (Phi) is 7.96. The van der Waals surface area contributed by atoms with Crippen LogP contribution in [0.2, 0.25) is 5.02 Å². The van der Waals surface area contributed by atoms with Crippen molar-refractivity contribution >= 4 is 50.9 Å². The normalized spacial score (nSPS) is 15.9. The second-order valence-corrected chi connectivity index (χ2v) is 10.0. The molecule has 0 saturated heterocycles. The molecule has 2 heterocycles. The van der Waals surface area contributed by atoms with Crippen molar-refractivity contribution in [3.05, 3.63) is 94.0 Å². The average molecular weight is 616 g/mol. The summed E-state index contributed by atoms with van der Waals surface area (Å²) < 4.78 is 54.8. The van der Waals surface area contributed by atoms with Crippen LogP contribution in [0.3, 0.4) is 0 Å². The molecule has 0 amide bonds. The van der Waals surface area contributed by atoms with E-state index in [2.05, 4.69) is 20.9 Å². The zero-order valence-electron chi connectivity index (χ0n) is 19.4. The van der Waals surface area contributed by atoms with Gasteiger partial charge in [0, 0.05) is 5.02 Å². The van der Waals surface area contributed by atoms with Crippen LogP contribution in [-0.2, 0) is 9.53 Å². The van der Waals surface area contributed by atoms with Crippen LogP contribution >= 0.6 is 38.9 Å². The highest BCUT2D eigenvalue weighted by Gasteiger charge is 2.45. The SMILES string of the molecule is CCOC(=O)C1=C(C(F)(F)F)N=c2s/c(=C\c3ccc(OCC)c(Br)c3)c(=O)n2[C@H]1c1ccc(Cl)cc1. The van der Waals surface area contributed by atoms with E-state index in [9.17, 15) is 22.8 Å². The number of fused-ring (bicyclic) bond motifs is 1. The lowest BCUT2D eigenvalue weighted by Crippen LogP contribution is -2.41. The fourth-order valence-corrected chi connectivity index (χ4v) is 5.47.